The summed E-state index contributed by atoms with van der Waals surface area (Å²) in [5.74, 6) is -0.849. The second-order valence-electron chi connectivity index (χ2n) is 1.63. The Morgan fingerprint density at radius 1 is 1.78 bits per heavy atom. The van der Waals surface area contributed by atoms with Crippen molar-refractivity contribution in [3.05, 3.63) is 11.9 Å². The van der Waals surface area contributed by atoms with E-state index in [1.807, 2.05) is 0 Å². The average Bonchev–Trinajstić information content (AvgIpc) is 1.63. The summed E-state index contributed by atoms with van der Waals surface area (Å²) in [6, 6.07) is 0. The van der Waals surface area contributed by atoms with E-state index in [1.165, 1.54) is 6.92 Å². The number of amides is 1. The molecule has 0 heterocycles. The van der Waals surface area contributed by atoms with Gasteiger partial charge in [-0.1, -0.05) is 0 Å². The van der Waals surface area contributed by atoms with Gasteiger partial charge in [0.1, 0.15) is 5.83 Å². The highest BCUT2D eigenvalue weighted by Gasteiger charge is 1.92. The Labute approximate surface area is 53.8 Å². The van der Waals surface area contributed by atoms with Gasteiger partial charge in [0.25, 0.3) is 0 Å². The molecule has 1 N–H and O–H groups in total. The van der Waals surface area contributed by atoms with E-state index in [1.54, 1.807) is 6.92 Å². The first-order valence-electron chi connectivity index (χ1n) is 2.78. The second-order valence-corrected chi connectivity index (χ2v) is 1.63. The number of carbonyl (C=O) groups is 1. The lowest BCUT2D eigenvalue weighted by Crippen LogP contribution is -2.20. The van der Waals surface area contributed by atoms with E-state index in [4.69, 9.17) is 0 Å². The van der Waals surface area contributed by atoms with Crippen molar-refractivity contribution in [1.29, 1.82) is 0 Å². The number of hydrogen-bond donors (Lipinski definition) is 1. The second kappa shape index (κ2) is 4.06. The van der Waals surface area contributed by atoms with Gasteiger partial charge in [-0.3, -0.25) is 4.79 Å². The van der Waals surface area contributed by atoms with E-state index < -0.39 is 5.83 Å². The Bertz CT molecular complexity index is 127. The third kappa shape index (κ3) is 5.00. The standard InChI is InChI=1S/C6H10FNO/c1-3-8-6(9)4-5(2)7/h4H,3H2,1-2H3,(H,8,9). The maximum Gasteiger partial charge on any atom is 0.246 e. The molecule has 0 aliphatic carbocycles. The van der Waals surface area contributed by atoms with Crippen molar-refractivity contribution in [3.63, 3.8) is 0 Å². The summed E-state index contributed by atoms with van der Waals surface area (Å²) in [6.07, 6.45) is 0.920. The van der Waals surface area contributed by atoms with Gasteiger partial charge in [0, 0.05) is 12.6 Å². The van der Waals surface area contributed by atoms with Crippen molar-refractivity contribution >= 4 is 5.91 Å². The molecule has 0 aliphatic rings. The Balaban J connectivity index is 3.63. The molecular formula is C6H10FNO. The van der Waals surface area contributed by atoms with Gasteiger partial charge in [-0.15, -0.1) is 0 Å². The lowest BCUT2D eigenvalue weighted by molar-refractivity contribution is -0.116. The summed E-state index contributed by atoms with van der Waals surface area (Å²) in [4.78, 5) is 10.4. The Hall–Kier alpha value is -0.860. The number of carbonyl (C=O) groups excluding carboxylic acids is 1. The van der Waals surface area contributed by atoms with Crippen molar-refractivity contribution in [2.45, 2.75) is 13.8 Å². The number of allylic oxidation sites excluding steroid dienone is 1. The molecule has 0 unspecified atom stereocenters. The Morgan fingerprint density at radius 2 is 2.33 bits per heavy atom. The molecule has 0 aliphatic heterocycles. The minimum atomic E-state index is -0.471. The molecule has 0 radical (unpaired) electrons. The molecule has 0 bridgehead atoms. The number of nitrogens with one attached hydrogen (secondary N) is 1. The lowest BCUT2D eigenvalue weighted by atomic mass is 10.5. The predicted molar refractivity (Wildman–Crippen MR) is 33.5 cm³/mol. The van der Waals surface area contributed by atoms with E-state index in [0.29, 0.717) is 6.54 Å². The van der Waals surface area contributed by atoms with E-state index in [-0.39, 0.29) is 5.91 Å². The van der Waals surface area contributed by atoms with Crippen molar-refractivity contribution < 1.29 is 9.18 Å². The molecule has 0 atom stereocenters. The van der Waals surface area contributed by atoms with Crippen LogP contribution in [0.2, 0.25) is 0 Å². The molecule has 1 amide bonds. The van der Waals surface area contributed by atoms with Crippen LogP contribution in [-0.4, -0.2) is 12.5 Å². The van der Waals surface area contributed by atoms with Gasteiger partial charge in [0.2, 0.25) is 5.91 Å². The molecule has 3 heteroatoms. The number of halogens is 1. The normalized spacial score (nSPS) is 11.2. The van der Waals surface area contributed by atoms with Crippen LogP contribution in [0.25, 0.3) is 0 Å². The summed E-state index contributed by atoms with van der Waals surface area (Å²) in [6.45, 7) is 3.54. The molecule has 0 spiro atoms. The fourth-order valence-electron chi connectivity index (χ4n) is 0.406. The number of hydrogen-bond acceptors (Lipinski definition) is 1. The van der Waals surface area contributed by atoms with Crippen LogP contribution in [0.3, 0.4) is 0 Å². The predicted octanol–water partition coefficient (Wildman–Crippen LogP) is 0.996. The smallest absolute Gasteiger partial charge is 0.246 e. The summed E-state index contributed by atoms with van der Waals surface area (Å²) in [7, 11) is 0. The van der Waals surface area contributed by atoms with Crippen LogP contribution >= 0.6 is 0 Å². The first kappa shape index (κ1) is 8.14. The number of likely N-dealkylation sites (N-methyl/N-ethyl adjacent to an activating group) is 1. The van der Waals surface area contributed by atoms with Crippen LogP contribution in [-0.2, 0) is 4.79 Å². The van der Waals surface area contributed by atoms with E-state index in [0.717, 1.165) is 6.08 Å². The minimum absolute atomic E-state index is 0.377. The van der Waals surface area contributed by atoms with Gasteiger partial charge in [0.15, 0.2) is 0 Å². The molecule has 0 aromatic heterocycles. The molecule has 0 rings (SSSR count). The number of rotatable bonds is 2. The van der Waals surface area contributed by atoms with E-state index in [2.05, 4.69) is 5.32 Å². The minimum Gasteiger partial charge on any atom is -0.353 e. The monoisotopic (exact) mass is 131 g/mol. The molecule has 2 nitrogen and oxygen atoms in total. The fraction of sp³-hybridized carbons (Fsp3) is 0.500. The lowest BCUT2D eigenvalue weighted by Gasteiger charge is -1.92. The zero-order chi connectivity index (χ0) is 7.28. The van der Waals surface area contributed by atoms with Gasteiger partial charge in [-0.25, -0.2) is 4.39 Å². The summed E-state index contributed by atoms with van der Waals surface area (Å²) >= 11 is 0. The molecule has 0 aromatic rings. The van der Waals surface area contributed by atoms with Gasteiger partial charge in [-0.2, -0.15) is 0 Å². The molecule has 0 saturated carbocycles. The zero-order valence-corrected chi connectivity index (χ0v) is 5.57. The summed E-state index contributed by atoms with van der Waals surface area (Å²) in [5.41, 5.74) is 0. The zero-order valence-electron chi connectivity index (χ0n) is 5.57. The van der Waals surface area contributed by atoms with Crippen molar-refractivity contribution in [3.8, 4) is 0 Å². The van der Waals surface area contributed by atoms with Crippen molar-refractivity contribution in [2.75, 3.05) is 6.54 Å². The largest absolute Gasteiger partial charge is 0.353 e. The molecule has 52 valence electrons. The van der Waals surface area contributed by atoms with Gasteiger partial charge >= 0.3 is 0 Å². The van der Waals surface area contributed by atoms with Gasteiger partial charge in [-0.05, 0) is 13.8 Å². The summed E-state index contributed by atoms with van der Waals surface area (Å²) in [5, 5.41) is 2.42. The maximum absolute atomic E-state index is 11.9. The van der Waals surface area contributed by atoms with Crippen LogP contribution in [0.15, 0.2) is 11.9 Å². The molecular weight excluding hydrogens is 121 g/mol. The highest BCUT2D eigenvalue weighted by molar-refractivity contribution is 5.87. The molecule has 9 heavy (non-hydrogen) atoms. The van der Waals surface area contributed by atoms with Crippen LogP contribution in [0.4, 0.5) is 4.39 Å². The third-order valence-electron chi connectivity index (χ3n) is 0.681. The van der Waals surface area contributed by atoms with Crippen molar-refractivity contribution in [1.82, 2.24) is 5.32 Å². The molecule has 0 aromatic carbocycles. The Morgan fingerprint density at radius 3 is 2.67 bits per heavy atom. The van der Waals surface area contributed by atoms with Crippen LogP contribution in [0.1, 0.15) is 13.8 Å². The molecule has 0 saturated heterocycles. The quantitative estimate of drug-likeness (QED) is 0.556. The average molecular weight is 131 g/mol. The summed E-state index contributed by atoms with van der Waals surface area (Å²) < 4.78 is 11.9. The van der Waals surface area contributed by atoms with Crippen molar-refractivity contribution in [2.24, 2.45) is 0 Å². The molecule has 0 fully saturated rings. The van der Waals surface area contributed by atoms with Gasteiger partial charge in [0.05, 0.1) is 0 Å². The highest BCUT2D eigenvalue weighted by Crippen LogP contribution is 1.90. The van der Waals surface area contributed by atoms with Crippen LogP contribution in [0.5, 0.6) is 0 Å². The first-order valence-corrected chi connectivity index (χ1v) is 2.78. The van der Waals surface area contributed by atoms with Gasteiger partial charge < -0.3 is 5.32 Å². The van der Waals surface area contributed by atoms with Crippen LogP contribution in [0, 0.1) is 0 Å². The first-order chi connectivity index (χ1) is 4.16. The SMILES string of the molecule is CCNC(=O)C=C(C)F. The fourth-order valence-corrected chi connectivity index (χ4v) is 0.406. The third-order valence-corrected chi connectivity index (χ3v) is 0.681. The maximum atomic E-state index is 11.9. The van der Waals surface area contributed by atoms with Crippen LogP contribution < -0.4 is 5.32 Å². The van der Waals surface area contributed by atoms with E-state index in [9.17, 15) is 9.18 Å². The highest BCUT2D eigenvalue weighted by atomic mass is 19.1. The topological polar surface area (TPSA) is 29.1 Å². The van der Waals surface area contributed by atoms with E-state index >= 15 is 0 Å². The Kier molecular flexibility index (Phi) is 3.67.